The van der Waals surface area contributed by atoms with E-state index in [2.05, 4.69) is 5.32 Å². The van der Waals surface area contributed by atoms with E-state index in [9.17, 15) is 4.79 Å². The first kappa shape index (κ1) is 12.7. The van der Waals surface area contributed by atoms with Gasteiger partial charge in [-0.1, -0.05) is 38.5 Å². The first-order chi connectivity index (χ1) is 8.27. The van der Waals surface area contributed by atoms with Crippen LogP contribution in [0, 0.1) is 0 Å². The van der Waals surface area contributed by atoms with E-state index in [0.717, 1.165) is 25.7 Å². The lowest BCUT2D eigenvalue weighted by Gasteiger charge is -2.32. The van der Waals surface area contributed by atoms with E-state index in [4.69, 9.17) is 5.84 Å². The Morgan fingerprint density at radius 1 is 0.941 bits per heavy atom. The molecule has 4 nitrogen and oxygen atoms in total. The van der Waals surface area contributed by atoms with Gasteiger partial charge in [0, 0.05) is 12.1 Å². The minimum absolute atomic E-state index is 0.0659. The molecule has 2 aliphatic rings. The van der Waals surface area contributed by atoms with E-state index in [-0.39, 0.29) is 12.1 Å². The molecule has 0 heterocycles. The Morgan fingerprint density at radius 2 is 1.47 bits per heavy atom. The van der Waals surface area contributed by atoms with E-state index in [0.29, 0.717) is 6.04 Å². The number of hydrogen-bond donors (Lipinski definition) is 2. The van der Waals surface area contributed by atoms with Crippen molar-refractivity contribution in [1.82, 2.24) is 10.3 Å². The number of carbonyl (C=O) groups excluding carboxylic acids is 1. The molecule has 2 rings (SSSR count). The topological polar surface area (TPSA) is 58.4 Å². The second-order valence-electron chi connectivity index (χ2n) is 5.48. The molecule has 0 bridgehead atoms. The average Bonchev–Trinajstić information content (AvgIpc) is 2.40. The zero-order valence-corrected chi connectivity index (χ0v) is 10.7. The third kappa shape index (κ3) is 3.60. The molecule has 2 amide bonds. The number of hydrazine groups is 1. The number of nitrogens with two attached hydrogens (primary N) is 1. The largest absolute Gasteiger partial charge is 0.334 e. The number of hydrogen-bond acceptors (Lipinski definition) is 2. The van der Waals surface area contributed by atoms with Crippen molar-refractivity contribution in [3.8, 4) is 0 Å². The summed E-state index contributed by atoms with van der Waals surface area (Å²) in [6.07, 6.45) is 11.8. The normalized spacial score (nSPS) is 23.4. The zero-order valence-electron chi connectivity index (χ0n) is 10.7. The lowest BCUT2D eigenvalue weighted by Crippen LogP contribution is -2.53. The molecule has 0 aromatic carbocycles. The number of amides is 2. The van der Waals surface area contributed by atoms with Gasteiger partial charge in [-0.05, 0) is 25.7 Å². The van der Waals surface area contributed by atoms with Crippen molar-refractivity contribution in [3.05, 3.63) is 0 Å². The van der Waals surface area contributed by atoms with Gasteiger partial charge in [-0.15, -0.1) is 0 Å². The molecule has 2 fully saturated rings. The Kier molecular flexibility index (Phi) is 4.66. The van der Waals surface area contributed by atoms with Crippen LogP contribution >= 0.6 is 0 Å². The quantitative estimate of drug-likeness (QED) is 0.442. The first-order valence-corrected chi connectivity index (χ1v) is 7.12. The highest BCUT2D eigenvalue weighted by Crippen LogP contribution is 2.21. The predicted molar refractivity (Wildman–Crippen MR) is 68.3 cm³/mol. The van der Waals surface area contributed by atoms with E-state index in [1.807, 2.05) is 0 Å². The fourth-order valence-corrected chi connectivity index (χ4v) is 3.02. The second-order valence-corrected chi connectivity index (χ2v) is 5.48. The van der Waals surface area contributed by atoms with Crippen LogP contribution in [0.25, 0.3) is 0 Å². The standard InChI is InChI=1S/C13H25N3O/c14-16(12-9-5-2-6-10-12)13(17)15-11-7-3-1-4-8-11/h11-12H,1-10,14H2,(H,15,17). The van der Waals surface area contributed by atoms with Crippen molar-refractivity contribution in [1.29, 1.82) is 0 Å². The van der Waals surface area contributed by atoms with Crippen LogP contribution in [-0.4, -0.2) is 23.1 Å². The molecule has 0 aromatic rings. The van der Waals surface area contributed by atoms with Crippen LogP contribution in [0.4, 0.5) is 4.79 Å². The van der Waals surface area contributed by atoms with Crippen molar-refractivity contribution in [2.45, 2.75) is 76.3 Å². The Bertz CT molecular complexity index is 245. The molecule has 0 radical (unpaired) electrons. The average molecular weight is 239 g/mol. The second kappa shape index (κ2) is 6.24. The van der Waals surface area contributed by atoms with Crippen LogP contribution in [0.1, 0.15) is 64.2 Å². The maximum atomic E-state index is 12.0. The van der Waals surface area contributed by atoms with Crippen LogP contribution < -0.4 is 11.2 Å². The number of nitrogens with one attached hydrogen (secondary N) is 1. The van der Waals surface area contributed by atoms with Gasteiger partial charge in [0.2, 0.25) is 0 Å². The molecule has 2 aliphatic carbocycles. The third-order valence-electron chi connectivity index (χ3n) is 4.14. The minimum Gasteiger partial charge on any atom is -0.334 e. The van der Waals surface area contributed by atoms with Crippen molar-refractivity contribution in [2.24, 2.45) is 5.84 Å². The summed E-state index contributed by atoms with van der Waals surface area (Å²) in [4.78, 5) is 12.0. The van der Waals surface area contributed by atoms with E-state index in [1.54, 1.807) is 0 Å². The van der Waals surface area contributed by atoms with Gasteiger partial charge in [0.15, 0.2) is 0 Å². The van der Waals surface area contributed by atoms with Gasteiger partial charge in [0.25, 0.3) is 0 Å². The highest BCUT2D eigenvalue weighted by molar-refractivity contribution is 5.74. The molecule has 0 spiro atoms. The van der Waals surface area contributed by atoms with Crippen LogP contribution in [0.15, 0.2) is 0 Å². The molecular formula is C13H25N3O. The Hall–Kier alpha value is -0.770. The van der Waals surface area contributed by atoms with Gasteiger partial charge in [0.05, 0.1) is 0 Å². The van der Waals surface area contributed by atoms with Crippen LogP contribution in [0.2, 0.25) is 0 Å². The molecule has 2 saturated carbocycles. The van der Waals surface area contributed by atoms with Crippen molar-refractivity contribution < 1.29 is 4.79 Å². The molecule has 0 aromatic heterocycles. The number of nitrogens with zero attached hydrogens (tertiary/aromatic N) is 1. The summed E-state index contributed by atoms with van der Waals surface area (Å²) in [6.45, 7) is 0. The van der Waals surface area contributed by atoms with Crippen LogP contribution in [-0.2, 0) is 0 Å². The third-order valence-corrected chi connectivity index (χ3v) is 4.14. The maximum Gasteiger partial charge on any atom is 0.332 e. The Morgan fingerprint density at radius 3 is 2.06 bits per heavy atom. The molecule has 0 atom stereocenters. The maximum absolute atomic E-state index is 12.0. The molecule has 4 heteroatoms. The first-order valence-electron chi connectivity index (χ1n) is 7.12. The lowest BCUT2D eigenvalue weighted by molar-refractivity contribution is 0.151. The van der Waals surface area contributed by atoms with Gasteiger partial charge in [0.1, 0.15) is 0 Å². The zero-order chi connectivity index (χ0) is 12.1. The molecule has 0 saturated heterocycles. The van der Waals surface area contributed by atoms with Gasteiger partial charge >= 0.3 is 6.03 Å². The number of urea groups is 1. The lowest BCUT2D eigenvalue weighted by atomic mass is 9.94. The SMILES string of the molecule is NN(C(=O)NC1CCCCC1)C1CCCCC1. The predicted octanol–water partition coefficient (Wildman–Crippen LogP) is 2.54. The van der Waals surface area contributed by atoms with Crippen LogP contribution in [0.5, 0.6) is 0 Å². The smallest absolute Gasteiger partial charge is 0.332 e. The summed E-state index contributed by atoms with van der Waals surface area (Å²) in [5.41, 5.74) is 0. The van der Waals surface area contributed by atoms with Crippen molar-refractivity contribution >= 4 is 6.03 Å². The van der Waals surface area contributed by atoms with Gasteiger partial charge in [-0.3, -0.25) is 5.01 Å². The van der Waals surface area contributed by atoms with E-state index >= 15 is 0 Å². The monoisotopic (exact) mass is 239 g/mol. The molecule has 17 heavy (non-hydrogen) atoms. The summed E-state index contributed by atoms with van der Waals surface area (Å²) < 4.78 is 0. The molecule has 0 unspecified atom stereocenters. The van der Waals surface area contributed by atoms with Gasteiger partial charge in [-0.2, -0.15) is 0 Å². The summed E-state index contributed by atoms with van der Waals surface area (Å²) in [7, 11) is 0. The molecule has 98 valence electrons. The minimum atomic E-state index is -0.0659. The Labute approximate surface area is 104 Å². The molecular weight excluding hydrogens is 214 g/mol. The summed E-state index contributed by atoms with van der Waals surface area (Å²) in [5.74, 6) is 5.93. The number of carbonyl (C=O) groups is 1. The van der Waals surface area contributed by atoms with Crippen molar-refractivity contribution in [3.63, 3.8) is 0 Å². The van der Waals surface area contributed by atoms with Crippen molar-refractivity contribution in [2.75, 3.05) is 0 Å². The summed E-state index contributed by atoms with van der Waals surface area (Å²) >= 11 is 0. The summed E-state index contributed by atoms with van der Waals surface area (Å²) in [5, 5.41) is 4.53. The van der Waals surface area contributed by atoms with E-state index < -0.39 is 0 Å². The Balaban J connectivity index is 1.77. The number of rotatable bonds is 2. The van der Waals surface area contributed by atoms with E-state index in [1.165, 1.54) is 43.5 Å². The summed E-state index contributed by atoms with van der Waals surface area (Å²) in [6, 6.07) is 0.544. The molecule has 0 aliphatic heterocycles. The van der Waals surface area contributed by atoms with Crippen LogP contribution in [0.3, 0.4) is 0 Å². The van der Waals surface area contributed by atoms with Gasteiger partial charge < -0.3 is 5.32 Å². The fourth-order valence-electron chi connectivity index (χ4n) is 3.02. The highest BCUT2D eigenvalue weighted by Gasteiger charge is 2.24. The molecule has 3 N–H and O–H groups in total. The van der Waals surface area contributed by atoms with Gasteiger partial charge in [-0.25, -0.2) is 10.6 Å². The highest BCUT2D eigenvalue weighted by atomic mass is 16.2. The fraction of sp³-hybridized carbons (Fsp3) is 0.923.